The third kappa shape index (κ3) is 4.36. The minimum absolute atomic E-state index is 0.556. The number of rotatable bonds is 6. The maximum Gasteiger partial charge on any atom is 0.0210 e. The van der Waals surface area contributed by atoms with E-state index >= 15 is 0 Å². The fourth-order valence-corrected chi connectivity index (χ4v) is 1.84. The van der Waals surface area contributed by atoms with E-state index in [9.17, 15) is 0 Å². The topological polar surface area (TPSA) is 12.0 Å². The van der Waals surface area contributed by atoms with Crippen molar-refractivity contribution in [3.63, 3.8) is 0 Å². The van der Waals surface area contributed by atoms with Crippen molar-refractivity contribution in [1.82, 2.24) is 5.32 Å². The molecule has 0 aliphatic heterocycles. The number of hydrogen-bond donors (Lipinski definition) is 1. The minimum atomic E-state index is 0.556. The summed E-state index contributed by atoms with van der Waals surface area (Å²) >= 11 is 0. The third-order valence-electron chi connectivity index (χ3n) is 2.86. The average Bonchev–Trinajstić information content (AvgIpc) is 2.24. The van der Waals surface area contributed by atoms with Gasteiger partial charge in [-0.1, -0.05) is 51.0 Å². The highest BCUT2D eigenvalue weighted by Crippen LogP contribution is 2.14. The second kappa shape index (κ2) is 6.70. The van der Waals surface area contributed by atoms with Crippen LogP contribution in [0.25, 0.3) is 0 Å². The van der Waals surface area contributed by atoms with Crippen molar-refractivity contribution in [2.75, 3.05) is 0 Å². The summed E-state index contributed by atoms with van der Waals surface area (Å²) in [6, 6.07) is 7.38. The van der Waals surface area contributed by atoms with Gasteiger partial charge in [0, 0.05) is 12.6 Å². The molecule has 0 aliphatic carbocycles. The molecular formula is C15H25N. The Hall–Kier alpha value is -0.820. The molecule has 0 fully saturated rings. The van der Waals surface area contributed by atoms with Crippen LogP contribution in [0.5, 0.6) is 0 Å². The molecule has 0 unspecified atom stereocenters. The molecule has 0 saturated carbocycles. The van der Waals surface area contributed by atoms with Crippen LogP contribution < -0.4 is 5.32 Å². The Kier molecular flexibility index (Phi) is 5.54. The lowest BCUT2D eigenvalue weighted by molar-refractivity contribution is 0.585. The maximum absolute atomic E-state index is 3.50. The van der Waals surface area contributed by atoms with E-state index < -0.39 is 0 Å². The molecule has 0 atom stereocenters. The van der Waals surface area contributed by atoms with Gasteiger partial charge in [-0.05, 0) is 30.9 Å². The molecule has 0 heterocycles. The summed E-state index contributed by atoms with van der Waals surface area (Å²) in [6.45, 7) is 9.81. The van der Waals surface area contributed by atoms with Gasteiger partial charge in [-0.25, -0.2) is 0 Å². The zero-order chi connectivity index (χ0) is 12.0. The van der Waals surface area contributed by atoms with Gasteiger partial charge in [-0.3, -0.25) is 0 Å². The second-order valence-corrected chi connectivity index (χ2v) is 4.91. The summed E-state index contributed by atoms with van der Waals surface area (Å²) in [5.41, 5.74) is 4.36. The van der Waals surface area contributed by atoms with Crippen molar-refractivity contribution in [3.8, 4) is 0 Å². The zero-order valence-corrected chi connectivity index (χ0v) is 11.1. The van der Waals surface area contributed by atoms with Crippen molar-refractivity contribution in [2.45, 2.75) is 59.5 Å². The molecule has 90 valence electrons. The Bertz CT molecular complexity index is 315. The monoisotopic (exact) mass is 219 g/mol. The van der Waals surface area contributed by atoms with E-state index in [-0.39, 0.29) is 0 Å². The fraction of sp³-hybridized carbons (Fsp3) is 0.600. The Morgan fingerprint density at radius 2 is 1.94 bits per heavy atom. The summed E-state index contributed by atoms with van der Waals surface area (Å²) in [7, 11) is 0. The number of hydrogen-bond acceptors (Lipinski definition) is 1. The predicted octanol–water partition coefficient (Wildman–Crippen LogP) is 3.84. The van der Waals surface area contributed by atoms with Gasteiger partial charge in [0.25, 0.3) is 0 Å². The van der Waals surface area contributed by atoms with Crippen molar-refractivity contribution < 1.29 is 0 Å². The molecule has 0 radical (unpaired) electrons. The van der Waals surface area contributed by atoms with E-state index in [0.29, 0.717) is 6.04 Å². The van der Waals surface area contributed by atoms with E-state index in [2.05, 4.69) is 51.2 Å². The molecule has 0 aromatic heterocycles. The van der Waals surface area contributed by atoms with Crippen LogP contribution in [0.2, 0.25) is 0 Å². The van der Waals surface area contributed by atoms with Gasteiger partial charge < -0.3 is 5.32 Å². The smallest absolute Gasteiger partial charge is 0.0210 e. The Balaban J connectivity index is 2.72. The summed E-state index contributed by atoms with van der Waals surface area (Å²) in [5, 5.41) is 3.50. The quantitative estimate of drug-likeness (QED) is 0.766. The lowest BCUT2D eigenvalue weighted by atomic mass is 9.99. The lowest BCUT2D eigenvalue weighted by Crippen LogP contribution is -2.22. The van der Waals surface area contributed by atoms with Gasteiger partial charge in [0.1, 0.15) is 0 Å². The highest BCUT2D eigenvalue weighted by atomic mass is 14.9. The molecule has 16 heavy (non-hydrogen) atoms. The first kappa shape index (κ1) is 13.2. The molecule has 0 amide bonds. The van der Waals surface area contributed by atoms with Crippen LogP contribution >= 0.6 is 0 Å². The predicted molar refractivity (Wildman–Crippen MR) is 71.8 cm³/mol. The van der Waals surface area contributed by atoms with E-state index in [1.807, 2.05) is 0 Å². The van der Waals surface area contributed by atoms with E-state index in [1.165, 1.54) is 36.0 Å². The highest BCUT2D eigenvalue weighted by molar-refractivity contribution is 5.31. The van der Waals surface area contributed by atoms with Crippen LogP contribution in [0, 0.1) is 6.92 Å². The highest BCUT2D eigenvalue weighted by Gasteiger charge is 2.03. The molecule has 1 rings (SSSR count). The van der Waals surface area contributed by atoms with E-state index in [0.717, 1.165) is 6.54 Å². The fourth-order valence-electron chi connectivity index (χ4n) is 1.84. The van der Waals surface area contributed by atoms with Gasteiger partial charge in [0.15, 0.2) is 0 Å². The van der Waals surface area contributed by atoms with Crippen LogP contribution in [-0.2, 0) is 13.0 Å². The normalized spacial score (nSPS) is 11.1. The number of nitrogens with one attached hydrogen (secondary N) is 1. The van der Waals surface area contributed by atoms with Crippen molar-refractivity contribution in [2.24, 2.45) is 0 Å². The van der Waals surface area contributed by atoms with Gasteiger partial charge in [-0.15, -0.1) is 0 Å². The lowest BCUT2D eigenvalue weighted by Gasteiger charge is -2.13. The van der Waals surface area contributed by atoms with Crippen molar-refractivity contribution in [1.29, 1.82) is 0 Å². The summed E-state index contributed by atoms with van der Waals surface area (Å²) < 4.78 is 0. The first-order valence-electron chi connectivity index (χ1n) is 6.45. The van der Waals surface area contributed by atoms with Gasteiger partial charge in [0.05, 0.1) is 0 Å². The molecule has 1 aromatic carbocycles. The zero-order valence-electron chi connectivity index (χ0n) is 11.1. The van der Waals surface area contributed by atoms with Crippen LogP contribution in [0.1, 0.15) is 50.3 Å². The molecule has 0 spiro atoms. The van der Waals surface area contributed by atoms with E-state index in [1.54, 1.807) is 0 Å². The average molecular weight is 219 g/mol. The molecule has 1 nitrogen and oxygen atoms in total. The SMILES string of the molecule is CCCCc1cc(C)ccc1CNC(C)C. The summed E-state index contributed by atoms with van der Waals surface area (Å²) in [4.78, 5) is 0. The van der Waals surface area contributed by atoms with Crippen LogP contribution in [0.3, 0.4) is 0 Å². The van der Waals surface area contributed by atoms with Crippen LogP contribution in [-0.4, -0.2) is 6.04 Å². The molecule has 1 aromatic rings. The van der Waals surface area contributed by atoms with E-state index in [4.69, 9.17) is 0 Å². The number of aryl methyl sites for hydroxylation is 2. The molecular weight excluding hydrogens is 194 g/mol. The third-order valence-corrected chi connectivity index (χ3v) is 2.86. The first-order chi connectivity index (χ1) is 7.63. The first-order valence-corrected chi connectivity index (χ1v) is 6.45. The Morgan fingerprint density at radius 3 is 2.56 bits per heavy atom. The Labute approximate surface area is 100 Å². The molecule has 0 saturated heterocycles. The second-order valence-electron chi connectivity index (χ2n) is 4.91. The molecule has 0 aliphatic rings. The summed E-state index contributed by atoms with van der Waals surface area (Å²) in [6.07, 6.45) is 3.77. The standard InChI is InChI=1S/C15H25N/c1-5-6-7-14-10-13(4)8-9-15(14)11-16-12(2)3/h8-10,12,16H,5-7,11H2,1-4H3. The summed E-state index contributed by atoms with van der Waals surface area (Å²) in [5.74, 6) is 0. The van der Waals surface area contributed by atoms with Gasteiger partial charge in [0.2, 0.25) is 0 Å². The number of unbranched alkanes of at least 4 members (excludes halogenated alkanes) is 1. The van der Waals surface area contributed by atoms with Crippen molar-refractivity contribution in [3.05, 3.63) is 34.9 Å². The van der Waals surface area contributed by atoms with Gasteiger partial charge >= 0.3 is 0 Å². The minimum Gasteiger partial charge on any atom is -0.310 e. The van der Waals surface area contributed by atoms with Crippen LogP contribution in [0.15, 0.2) is 18.2 Å². The molecule has 0 bridgehead atoms. The maximum atomic E-state index is 3.50. The number of benzene rings is 1. The largest absolute Gasteiger partial charge is 0.310 e. The van der Waals surface area contributed by atoms with Crippen LogP contribution in [0.4, 0.5) is 0 Å². The Morgan fingerprint density at radius 1 is 1.19 bits per heavy atom. The molecule has 1 heteroatoms. The van der Waals surface area contributed by atoms with Gasteiger partial charge in [-0.2, -0.15) is 0 Å². The molecule has 1 N–H and O–H groups in total. The van der Waals surface area contributed by atoms with Crippen molar-refractivity contribution >= 4 is 0 Å².